The molecule has 0 aliphatic carbocycles. The number of methoxy groups -OCH3 is 1. The van der Waals surface area contributed by atoms with E-state index >= 15 is 0 Å². The molecule has 0 saturated carbocycles. The Balaban J connectivity index is 2.00. The normalized spacial score (nSPS) is 10.1. The molecule has 1 aromatic heterocycles. The fraction of sp³-hybridized carbons (Fsp3) is 0.143. The summed E-state index contributed by atoms with van der Waals surface area (Å²) in [6.07, 6.45) is 1.36. The second-order valence-electron chi connectivity index (χ2n) is 4.13. The second-order valence-corrected chi connectivity index (χ2v) is 4.51. The number of anilines is 1. The molecule has 1 amide bonds. The molecule has 1 aromatic carbocycles. The van der Waals surface area contributed by atoms with Crippen LogP contribution in [0.25, 0.3) is 0 Å². The lowest BCUT2D eigenvalue weighted by Crippen LogP contribution is -2.24. The number of carbonyl (C=O) groups is 1. The monoisotopic (exact) mass is 291 g/mol. The molecular weight excluding hydrogens is 278 g/mol. The highest BCUT2D eigenvalue weighted by Crippen LogP contribution is 2.15. The van der Waals surface area contributed by atoms with Gasteiger partial charge in [-0.05, 0) is 23.8 Å². The number of benzene rings is 1. The fourth-order valence-electron chi connectivity index (χ4n) is 1.65. The fourth-order valence-corrected chi connectivity index (χ4v) is 1.82. The van der Waals surface area contributed by atoms with E-state index in [-0.39, 0.29) is 11.1 Å². The average molecular weight is 292 g/mol. The van der Waals surface area contributed by atoms with Crippen LogP contribution in [-0.2, 0) is 6.54 Å². The highest BCUT2D eigenvalue weighted by Gasteiger charge is 2.10. The number of rotatable bonds is 4. The molecule has 0 aliphatic rings. The highest BCUT2D eigenvalue weighted by molar-refractivity contribution is 6.29. The molecule has 3 N–H and O–H groups in total. The van der Waals surface area contributed by atoms with Gasteiger partial charge in [-0.15, -0.1) is 0 Å². The third-order valence-corrected chi connectivity index (χ3v) is 2.97. The van der Waals surface area contributed by atoms with Crippen LogP contribution in [0.1, 0.15) is 15.9 Å². The topological polar surface area (TPSA) is 77.2 Å². The first-order valence-corrected chi connectivity index (χ1v) is 6.30. The van der Waals surface area contributed by atoms with Gasteiger partial charge in [-0.1, -0.05) is 23.7 Å². The van der Waals surface area contributed by atoms with Gasteiger partial charge in [0.25, 0.3) is 5.91 Å². The number of aromatic nitrogens is 1. The van der Waals surface area contributed by atoms with Gasteiger partial charge in [-0.2, -0.15) is 0 Å². The van der Waals surface area contributed by atoms with Crippen LogP contribution in [0.15, 0.2) is 36.5 Å². The van der Waals surface area contributed by atoms with Crippen LogP contribution in [0, 0.1) is 0 Å². The lowest BCUT2D eigenvalue weighted by Gasteiger charge is -2.08. The summed E-state index contributed by atoms with van der Waals surface area (Å²) in [6, 6.07) is 8.87. The minimum absolute atomic E-state index is 0.259. The van der Waals surface area contributed by atoms with E-state index in [1.807, 2.05) is 24.3 Å². The molecule has 0 spiro atoms. The molecule has 1 heterocycles. The summed E-state index contributed by atoms with van der Waals surface area (Å²) in [7, 11) is 1.60. The summed E-state index contributed by atoms with van der Waals surface area (Å²) in [6.45, 7) is 0.394. The molecule has 0 saturated heterocycles. The maximum atomic E-state index is 12.0. The first kappa shape index (κ1) is 14.1. The van der Waals surface area contributed by atoms with Gasteiger partial charge in [-0.3, -0.25) is 4.79 Å². The summed E-state index contributed by atoms with van der Waals surface area (Å²) in [4.78, 5) is 15.8. The number of halogens is 1. The van der Waals surface area contributed by atoms with Gasteiger partial charge < -0.3 is 15.8 Å². The van der Waals surface area contributed by atoms with Crippen molar-refractivity contribution in [3.63, 3.8) is 0 Å². The maximum Gasteiger partial charge on any atom is 0.255 e. The van der Waals surface area contributed by atoms with E-state index in [0.29, 0.717) is 17.8 Å². The van der Waals surface area contributed by atoms with Crippen LogP contribution in [0.2, 0.25) is 5.15 Å². The van der Waals surface area contributed by atoms with Gasteiger partial charge in [0.05, 0.1) is 12.7 Å². The Morgan fingerprint density at radius 1 is 1.40 bits per heavy atom. The van der Waals surface area contributed by atoms with Crippen LogP contribution in [0.3, 0.4) is 0 Å². The van der Waals surface area contributed by atoms with Crippen LogP contribution in [0.4, 0.5) is 5.69 Å². The molecule has 0 radical (unpaired) electrons. The zero-order valence-corrected chi connectivity index (χ0v) is 11.6. The third-order valence-electron chi connectivity index (χ3n) is 2.76. The summed E-state index contributed by atoms with van der Waals surface area (Å²) in [5, 5.41) is 3.03. The van der Waals surface area contributed by atoms with E-state index in [9.17, 15) is 4.79 Å². The third kappa shape index (κ3) is 3.39. The number of amides is 1. The van der Waals surface area contributed by atoms with Crippen molar-refractivity contribution >= 4 is 23.2 Å². The average Bonchev–Trinajstić information content (AvgIpc) is 2.45. The minimum Gasteiger partial charge on any atom is -0.497 e. The van der Waals surface area contributed by atoms with Crippen molar-refractivity contribution in [3.05, 3.63) is 52.8 Å². The SMILES string of the molecule is COc1ccc(CNC(=O)c2cnc(Cl)cc2N)cc1. The predicted octanol–water partition coefficient (Wildman–Crippen LogP) is 2.26. The number of nitrogens with one attached hydrogen (secondary N) is 1. The van der Waals surface area contributed by atoms with Crippen LogP contribution in [0.5, 0.6) is 5.75 Å². The molecule has 0 bridgehead atoms. The second kappa shape index (κ2) is 6.25. The number of nitrogens with zero attached hydrogens (tertiary/aromatic N) is 1. The first-order chi connectivity index (χ1) is 9.60. The van der Waals surface area contributed by atoms with Gasteiger partial charge in [0.2, 0.25) is 0 Å². The Labute approximate surface area is 121 Å². The van der Waals surface area contributed by atoms with Crippen molar-refractivity contribution in [1.82, 2.24) is 10.3 Å². The number of pyridine rings is 1. The summed E-state index contributed by atoms with van der Waals surface area (Å²) < 4.78 is 5.07. The molecule has 0 atom stereocenters. The van der Waals surface area contributed by atoms with Crippen molar-refractivity contribution in [2.75, 3.05) is 12.8 Å². The standard InChI is InChI=1S/C14H14ClN3O2/c1-20-10-4-2-9(3-5-10)7-18-14(19)11-8-17-13(15)6-12(11)16/h2-6,8H,7H2,1H3,(H2,16,17)(H,18,19). The lowest BCUT2D eigenvalue weighted by atomic mass is 10.2. The van der Waals surface area contributed by atoms with E-state index in [1.54, 1.807) is 7.11 Å². The first-order valence-electron chi connectivity index (χ1n) is 5.92. The molecule has 6 heteroatoms. The summed E-state index contributed by atoms with van der Waals surface area (Å²) in [5.41, 5.74) is 7.30. The van der Waals surface area contributed by atoms with E-state index in [4.69, 9.17) is 22.1 Å². The van der Waals surface area contributed by atoms with Crippen LogP contribution >= 0.6 is 11.6 Å². The zero-order chi connectivity index (χ0) is 14.5. The Morgan fingerprint density at radius 2 is 2.10 bits per heavy atom. The quantitative estimate of drug-likeness (QED) is 0.847. The number of hydrogen-bond donors (Lipinski definition) is 2. The lowest BCUT2D eigenvalue weighted by molar-refractivity contribution is 0.0951. The van der Waals surface area contributed by atoms with E-state index < -0.39 is 0 Å². The molecule has 2 aromatic rings. The molecule has 0 aliphatic heterocycles. The maximum absolute atomic E-state index is 12.0. The summed E-state index contributed by atoms with van der Waals surface area (Å²) >= 11 is 5.69. The number of carbonyl (C=O) groups excluding carboxylic acids is 1. The number of nitrogen functional groups attached to an aromatic ring is 1. The Hall–Kier alpha value is -2.27. The van der Waals surface area contributed by atoms with Crippen molar-refractivity contribution in [2.24, 2.45) is 0 Å². The van der Waals surface area contributed by atoms with Crippen molar-refractivity contribution < 1.29 is 9.53 Å². The van der Waals surface area contributed by atoms with Crippen LogP contribution in [-0.4, -0.2) is 18.0 Å². The summed E-state index contributed by atoms with van der Waals surface area (Å²) in [5.74, 6) is 0.480. The molecule has 20 heavy (non-hydrogen) atoms. The van der Waals surface area contributed by atoms with Crippen LogP contribution < -0.4 is 15.8 Å². The number of nitrogens with two attached hydrogens (primary N) is 1. The van der Waals surface area contributed by atoms with E-state index in [0.717, 1.165) is 11.3 Å². The largest absolute Gasteiger partial charge is 0.497 e. The minimum atomic E-state index is -0.289. The number of hydrogen-bond acceptors (Lipinski definition) is 4. The molecular formula is C14H14ClN3O2. The van der Waals surface area contributed by atoms with Gasteiger partial charge in [-0.25, -0.2) is 4.98 Å². The molecule has 2 rings (SSSR count). The van der Waals surface area contributed by atoms with E-state index in [1.165, 1.54) is 12.3 Å². The Kier molecular flexibility index (Phi) is 4.42. The molecule has 0 unspecified atom stereocenters. The molecule has 104 valence electrons. The smallest absolute Gasteiger partial charge is 0.255 e. The Morgan fingerprint density at radius 3 is 2.70 bits per heavy atom. The van der Waals surface area contributed by atoms with Gasteiger partial charge in [0.1, 0.15) is 10.9 Å². The van der Waals surface area contributed by atoms with Crippen molar-refractivity contribution in [3.8, 4) is 5.75 Å². The van der Waals surface area contributed by atoms with Crippen molar-refractivity contribution in [1.29, 1.82) is 0 Å². The van der Waals surface area contributed by atoms with E-state index in [2.05, 4.69) is 10.3 Å². The van der Waals surface area contributed by atoms with Gasteiger partial charge in [0, 0.05) is 18.4 Å². The Bertz CT molecular complexity index is 614. The zero-order valence-electron chi connectivity index (χ0n) is 10.9. The van der Waals surface area contributed by atoms with Gasteiger partial charge >= 0.3 is 0 Å². The number of ether oxygens (including phenoxy) is 1. The van der Waals surface area contributed by atoms with Crippen molar-refractivity contribution in [2.45, 2.75) is 6.54 Å². The molecule has 5 nitrogen and oxygen atoms in total. The predicted molar refractivity (Wildman–Crippen MR) is 77.8 cm³/mol. The van der Waals surface area contributed by atoms with Gasteiger partial charge in [0.15, 0.2) is 0 Å². The highest BCUT2D eigenvalue weighted by atomic mass is 35.5. The molecule has 0 fully saturated rings.